The Balaban J connectivity index is 2.76. The summed E-state index contributed by atoms with van der Waals surface area (Å²) < 4.78 is 29.2. The van der Waals surface area contributed by atoms with Gasteiger partial charge in [0, 0.05) is 17.6 Å². The number of alkyl halides is 2. The molecule has 1 aromatic rings. The molecular weight excluding hydrogens is 290 g/mol. The lowest BCUT2D eigenvalue weighted by atomic mass is 9.90. The fourth-order valence-corrected chi connectivity index (χ4v) is 2.50. The molecule has 0 spiro atoms. The first kappa shape index (κ1) is 18.4. The number of benzene rings is 1. The largest absolute Gasteiger partial charge is 0.435 e. The molecule has 124 valence electrons. The molecule has 0 aliphatic rings. The maximum Gasteiger partial charge on any atom is 0.387 e. The predicted molar refractivity (Wildman–Crippen MR) is 81.8 cm³/mol. The van der Waals surface area contributed by atoms with E-state index in [1.54, 1.807) is 18.2 Å². The molecule has 0 aromatic heterocycles. The lowest BCUT2D eigenvalue weighted by molar-refractivity contribution is -0.122. The van der Waals surface area contributed by atoms with Crippen LogP contribution in [-0.2, 0) is 11.2 Å². The number of carbonyl (C=O) groups is 1. The van der Waals surface area contributed by atoms with E-state index in [0.717, 1.165) is 6.42 Å². The van der Waals surface area contributed by atoms with Gasteiger partial charge in [0.2, 0.25) is 5.91 Å². The molecule has 1 amide bonds. The van der Waals surface area contributed by atoms with Crippen LogP contribution in [0.15, 0.2) is 24.3 Å². The predicted octanol–water partition coefficient (Wildman–Crippen LogP) is 2.71. The van der Waals surface area contributed by atoms with Crippen LogP contribution in [0.1, 0.15) is 32.8 Å². The van der Waals surface area contributed by atoms with Crippen LogP contribution in [0.25, 0.3) is 0 Å². The fraction of sp³-hybridized carbons (Fsp3) is 0.562. The summed E-state index contributed by atoms with van der Waals surface area (Å²) in [6.45, 7) is 3.37. The molecule has 22 heavy (non-hydrogen) atoms. The van der Waals surface area contributed by atoms with E-state index in [4.69, 9.17) is 5.73 Å². The summed E-state index contributed by atoms with van der Waals surface area (Å²) >= 11 is 0. The van der Waals surface area contributed by atoms with Gasteiger partial charge in [-0.2, -0.15) is 8.78 Å². The minimum Gasteiger partial charge on any atom is -0.435 e. The van der Waals surface area contributed by atoms with E-state index in [0.29, 0.717) is 18.0 Å². The number of para-hydroxylation sites is 1. The summed E-state index contributed by atoms with van der Waals surface area (Å²) in [5.74, 6) is 0.133. The zero-order chi connectivity index (χ0) is 16.8. The summed E-state index contributed by atoms with van der Waals surface area (Å²) in [7, 11) is 0. The van der Waals surface area contributed by atoms with Gasteiger partial charge in [-0.15, -0.1) is 0 Å². The van der Waals surface area contributed by atoms with Crippen molar-refractivity contribution in [2.75, 3.05) is 6.54 Å². The highest BCUT2D eigenvalue weighted by Gasteiger charge is 2.26. The molecule has 1 unspecified atom stereocenters. The molecule has 4 nitrogen and oxygen atoms in total. The van der Waals surface area contributed by atoms with E-state index in [1.807, 2.05) is 20.8 Å². The summed E-state index contributed by atoms with van der Waals surface area (Å²) in [5, 5.41) is 2.90. The minimum absolute atomic E-state index is 0.0194. The van der Waals surface area contributed by atoms with Crippen molar-refractivity contribution in [3.05, 3.63) is 29.8 Å². The van der Waals surface area contributed by atoms with Gasteiger partial charge in [0.15, 0.2) is 0 Å². The molecular formula is C16H24F2N2O2. The Morgan fingerprint density at radius 2 is 2.00 bits per heavy atom. The molecule has 1 atom stereocenters. The maximum atomic E-state index is 12.4. The van der Waals surface area contributed by atoms with Crippen molar-refractivity contribution in [1.82, 2.24) is 5.32 Å². The highest BCUT2D eigenvalue weighted by molar-refractivity contribution is 5.80. The van der Waals surface area contributed by atoms with Crippen molar-refractivity contribution in [3.8, 4) is 5.75 Å². The zero-order valence-corrected chi connectivity index (χ0v) is 13.2. The second-order valence-electron chi connectivity index (χ2n) is 6.07. The lowest BCUT2D eigenvalue weighted by Crippen LogP contribution is -2.52. The number of ether oxygens (including phenoxy) is 1. The Hall–Kier alpha value is -1.69. The van der Waals surface area contributed by atoms with Crippen LogP contribution in [-0.4, -0.2) is 24.6 Å². The molecule has 0 aliphatic heterocycles. The molecule has 0 aliphatic carbocycles. The number of carbonyl (C=O) groups excluding carboxylic acids is 1. The molecule has 0 saturated carbocycles. The summed E-state index contributed by atoms with van der Waals surface area (Å²) in [4.78, 5) is 12.2. The highest BCUT2D eigenvalue weighted by atomic mass is 19.3. The van der Waals surface area contributed by atoms with Crippen molar-refractivity contribution >= 4 is 5.91 Å². The Morgan fingerprint density at radius 1 is 1.36 bits per heavy atom. The molecule has 0 fully saturated rings. The number of amides is 1. The first-order valence-electron chi connectivity index (χ1n) is 7.29. The van der Waals surface area contributed by atoms with Crippen molar-refractivity contribution in [2.45, 2.75) is 45.8 Å². The van der Waals surface area contributed by atoms with Crippen LogP contribution in [0, 0.1) is 5.92 Å². The monoisotopic (exact) mass is 314 g/mol. The third-order valence-corrected chi connectivity index (χ3v) is 3.29. The fourth-order valence-electron chi connectivity index (χ4n) is 2.50. The SMILES string of the molecule is CC(C)CC(C)(CN)NC(=O)Cc1ccccc1OC(F)F. The van der Waals surface area contributed by atoms with Gasteiger partial charge in [-0.3, -0.25) is 4.79 Å². The summed E-state index contributed by atoms with van der Waals surface area (Å²) in [5.41, 5.74) is 5.66. The Bertz CT molecular complexity index is 495. The van der Waals surface area contributed by atoms with E-state index < -0.39 is 12.2 Å². The first-order valence-corrected chi connectivity index (χ1v) is 7.29. The van der Waals surface area contributed by atoms with Crippen molar-refractivity contribution < 1.29 is 18.3 Å². The molecule has 0 radical (unpaired) electrons. The smallest absolute Gasteiger partial charge is 0.387 e. The van der Waals surface area contributed by atoms with Crippen molar-refractivity contribution in [2.24, 2.45) is 11.7 Å². The van der Waals surface area contributed by atoms with E-state index in [2.05, 4.69) is 10.1 Å². The van der Waals surface area contributed by atoms with Crippen LogP contribution in [0.4, 0.5) is 8.78 Å². The minimum atomic E-state index is -2.92. The number of nitrogens with one attached hydrogen (secondary N) is 1. The third kappa shape index (κ3) is 5.97. The number of hydrogen-bond acceptors (Lipinski definition) is 3. The van der Waals surface area contributed by atoms with Crippen molar-refractivity contribution in [3.63, 3.8) is 0 Å². The van der Waals surface area contributed by atoms with Gasteiger partial charge in [-0.05, 0) is 25.3 Å². The number of nitrogens with two attached hydrogens (primary N) is 1. The molecule has 0 heterocycles. The van der Waals surface area contributed by atoms with Gasteiger partial charge in [0.05, 0.1) is 6.42 Å². The number of rotatable bonds is 8. The van der Waals surface area contributed by atoms with E-state index in [1.165, 1.54) is 6.07 Å². The topological polar surface area (TPSA) is 64.3 Å². The number of halogens is 2. The van der Waals surface area contributed by atoms with Crippen LogP contribution in [0.2, 0.25) is 0 Å². The summed E-state index contributed by atoms with van der Waals surface area (Å²) in [6, 6.07) is 6.28. The highest BCUT2D eigenvalue weighted by Crippen LogP contribution is 2.21. The Morgan fingerprint density at radius 3 is 2.55 bits per heavy atom. The zero-order valence-electron chi connectivity index (χ0n) is 13.2. The van der Waals surface area contributed by atoms with Gasteiger partial charge >= 0.3 is 6.61 Å². The van der Waals surface area contributed by atoms with Crippen molar-refractivity contribution in [1.29, 1.82) is 0 Å². The van der Waals surface area contributed by atoms with E-state index in [-0.39, 0.29) is 18.1 Å². The molecule has 0 bridgehead atoms. The standard InChI is InChI=1S/C16H24F2N2O2/c1-11(2)9-16(3,10-19)20-14(21)8-12-6-4-5-7-13(12)22-15(17)18/h4-7,11,15H,8-10,19H2,1-3H3,(H,20,21). The molecule has 1 rings (SSSR count). The third-order valence-electron chi connectivity index (χ3n) is 3.29. The molecule has 0 saturated heterocycles. The van der Waals surface area contributed by atoms with E-state index in [9.17, 15) is 13.6 Å². The normalized spacial score (nSPS) is 14.0. The maximum absolute atomic E-state index is 12.4. The molecule has 6 heteroatoms. The molecule has 1 aromatic carbocycles. The summed E-state index contributed by atoms with van der Waals surface area (Å²) in [6.07, 6.45) is 0.709. The van der Waals surface area contributed by atoms with E-state index >= 15 is 0 Å². The lowest BCUT2D eigenvalue weighted by Gasteiger charge is -2.31. The van der Waals surface area contributed by atoms with Gasteiger partial charge in [0.1, 0.15) is 5.75 Å². The van der Waals surface area contributed by atoms with Crippen LogP contribution in [0.3, 0.4) is 0 Å². The van der Waals surface area contributed by atoms with Crippen LogP contribution >= 0.6 is 0 Å². The van der Waals surface area contributed by atoms with Gasteiger partial charge in [-0.25, -0.2) is 0 Å². The second kappa shape index (κ2) is 8.08. The number of hydrogen-bond donors (Lipinski definition) is 2. The second-order valence-corrected chi connectivity index (χ2v) is 6.07. The van der Waals surface area contributed by atoms with Gasteiger partial charge < -0.3 is 15.8 Å². The van der Waals surface area contributed by atoms with Gasteiger partial charge in [0.25, 0.3) is 0 Å². The van der Waals surface area contributed by atoms with Crippen LogP contribution < -0.4 is 15.8 Å². The average molecular weight is 314 g/mol. The van der Waals surface area contributed by atoms with Crippen LogP contribution in [0.5, 0.6) is 5.75 Å². The Labute approximate surface area is 130 Å². The average Bonchev–Trinajstić information content (AvgIpc) is 2.39. The molecule has 3 N–H and O–H groups in total. The van der Waals surface area contributed by atoms with Gasteiger partial charge in [-0.1, -0.05) is 32.0 Å². The quantitative estimate of drug-likeness (QED) is 0.775. The Kier molecular flexibility index (Phi) is 6.74. The first-order chi connectivity index (χ1) is 10.3.